The maximum Gasteiger partial charge on any atom is 0.422 e. The Morgan fingerprint density at radius 2 is 1.44 bits per heavy atom. The standard InChI is InChI=1S/C38H33ClF3N9O6/c1-56-33(55)29(20-44-31(53)32(54)45-27-10-2-22(3-11-27)23-14-18-43-19-15-23)47-30(52)24-4-12-28(13-5-24)46-34-48-35(50-36(49-34)57-21-38(40,41)42)51-37(16-17-37)25-6-8-26(39)9-7-25/h2-15,18-19,29H,16-17,20-21H2,1H3,(H,44,53)(H,45,54)(H,47,52)(H2,46,48,49,50,51)/t29-/m0/s1. The molecule has 0 unspecified atom stereocenters. The number of hydrogen-bond acceptors (Lipinski definition) is 12. The highest BCUT2D eigenvalue weighted by molar-refractivity contribution is 6.39. The minimum Gasteiger partial charge on any atom is -0.467 e. The van der Waals surface area contributed by atoms with E-state index in [1.807, 2.05) is 24.3 Å². The first kappa shape index (κ1) is 39.9. The molecule has 1 atom stereocenters. The third kappa shape index (κ3) is 10.9. The topological polar surface area (TPSA) is 198 Å². The first-order valence-corrected chi connectivity index (χ1v) is 17.5. The summed E-state index contributed by atoms with van der Waals surface area (Å²) in [5.41, 5.74) is 2.88. The van der Waals surface area contributed by atoms with Crippen molar-refractivity contribution in [2.75, 3.05) is 36.2 Å². The normalized spacial score (nSPS) is 13.4. The molecule has 2 aromatic heterocycles. The number of esters is 1. The van der Waals surface area contributed by atoms with Crippen LogP contribution in [0, 0.1) is 0 Å². The molecule has 0 spiro atoms. The summed E-state index contributed by atoms with van der Waals surface area (Å²) < 4.78 is 48.5. The zero-order valence-corrected chi connectivity index (χ0v) is 30.6. The van der Waals surface area contributed by atoms with Gasteiger partial charge in [-0.1, -0.05) is 35.9 Å². The molecule has 15 nitrogen and oxygen atoms in total. The molecule has 0 aliphatic heterocycles. The van der Waals surface area contributed by atoms with Gasteiger partial charge in [0, 0.05) is 40.9 Å². The Hall–Kier alpha value is -6.82. The number of alkyl halides is 3. The van der Waals surface area contributed by atoms with Crippen LogP contribution in [0.1, 0.15) is 28.8 Å². The van der Waals surface area contributed by atoms with Gasteiger partial charge in [0.15, 0.2) is 6.61 Å². The van der Waals surface area contributed by atoms with Crippen molar-refractivity contribution in [3.8, 4) is 17.1 Å². The van der Waals surface area contributed by atoms with E-state index in [4.69, 9.17) is 21.1 Å². The van der Waals surface area contributed by atoms with Crippen molar-refractivity contribution >= 4 is 58.6 Å². The molecule has 1 aliphatic carbocycles. The van der Waals surface area contributed by atoms with Gasteiger partial charge in [-0.3, -0.25) is 19.4 Å². The highest BCUT2D eigenvalue weighted by atomic mass is 35.5. The molecule has 2 heterocycles. The highest BCUT2D eigenvalue weighted by Crippen LogP contribution is 2.48. The van der Waals surface area contributed by atoms with Crippen LogP contribution in [0.3, 0.4) is 0 Å². The highest BCUT2D eigenvalue weighted by Gasteiger charge is 2.45. The van der Waals surface area contributed by atoms with Crippen LogP contribution in [0.2, 0.25) is 5.02 Å². The van der Waals surface area contributed by atoms with Crippen LogP contribution in [0.25, 0.3) is 11.1 Å². The van der Waals surface area contributed by atoms with Crippen molar-refractivity contribution in [1.29, 1.82) is 0 Å². The van der Waals surface area contributed by atoms with E-state index in [9.17, 15) is 32.3 Å². The van der Waals surface area contributed by atoms with Gasteiger partial charge in [-0.2, -0.15) is 28.1 Å². The summed E-state index contributed by atoms with van der Waals surface area (Å²) in [4.78, 5) is 67.1. The van der Waals surface area contributed by atoms with Gasteiger partial charge in [-0.15, -0.1) is 0 Å². The monoisotopic (exact) mass is 803 g/mol. The molecule has 19 heteroatoms. The summed E-state index contributed by atoms with van der Waals surface area (Å²) in [6, 6.07) is 21.3. The molecule has 294 valence electrons. The van der Waals surface area contributed by atoms with Gasteiger partial charge in [0.1, 0.15) is 6.04 Å². The largest absolute Gasteiger partial charge is 0.467 e. The molecule has 1 saturated carbocycles. The van der Waals surface area contributed by atoms with Gasteiger partial charge in [-0.25, -0.2) is 4.79 Å². The number of hydrogen-bond donors (Lipinski definition) is 5. The number of pyridine rings is 1. The number of carbonyl (C=O) groups is 4. The average molecular weight is 804 g/mol. The lowest BCUT2D eigenvalue weighted by Gasteiger charge is -2.19. The lowest BCUT2D eigenvalue weighted by molar-refractivity contribution is -0.154. The molecule has 0 radical (unpaired) electrons. The molecule has 1 aliphatic rings. The number of benzene rings is 3. The van der Waals surface area contributed by atoms with Crippen molar-refractivity contribution in [3.05, 3.63) is 113 Å². The Bertz CT molecular complexity index is 2230. The van der Waals surface area contributed by atoms with E-state index in [0.29, 0.717) is 29.2 Å². The maximum absolute atomic E-state index is 13.1. The Kier molecular flexibility index (Phi) is 12.1. The van der Waals surface area contributed by atoms with Crippen LogP contribution in [0.5, 0.6) is 6.01 Å². The van der Waals surface area contributed by atoms with Crippen molar-refractivity contribution < 1.29 is 41.8 Å². The quantitative estimate of drug-likeness (QED) is 0.0709. The molecular weight excluding hydrogens is 771 g/mol. The lowest BCUT2D eigenvalue weighted by atomic mass is 10.1. The van der Waals surface area contributed by atoms with E-state index < -0.39 is 60.6 Å². The number of nitrogens with one attached hydrogen (secondary N) is 5. The molecule has 6 rings (SSSR count). The number of anilines is 4. The van der Waals surface area contributed by atoms with Crippen molar-refractivity contribution in [3.63, 3.8) is 0 Å². The van der Waals surface area contributed by atoms with Crippen LogP contribution in [-0.2, 0) is 24.7 Å². The summed E-state index contributed by atoms with van der Waals surface area (Å²) >= 11 is 6.03. The summed E-state index contributed by atoms with van der Waals surface area (Å²) in [6.07, 6.45) is 0.0592. The van der Waals surface area contributed by atoms with Crippen LogP contribution in [0.4, 0.5) is 36.4 Å². The predicted octanol–water partition coefficient (Wildman–Crippen LogP) is 5.40. The van der Waals surface area contributed by atoms with Gasteiger partial charge in [0.25, 0.3) is 5.91 Å². The molecule has 3 aromatic carbocycles. The molecule has 57 heavy (non-hydrogen) atoms. The van der Waals surface area contributed by atoms with Gasteiger partial charge in [0.05, 0.1) is 12.6 Å². The Morgan fingerprint density at radius 1 is 0.807 bits per heavy atom. The number of ether oxygens (including phenoxy) is 2. The number of carbonyl (C=O) groups excluding carboxylic acids is 4. The second kappa shape index (κ2) is 17.3. The number of amides is 3. The number of rotatable bonds is 14. The first-order chi connectivity index (χ1) is 27.3. The fourth-order valence-electron chi connectivity index (χ4n) is 5.44. The third-order valence-electron chi connectivity index (χ3n) is 8.50. The molecule has 5 aromatic rings. The van der Waals surface area contributed by atoms with E-state index in [0.717, 1.165) is 23.8 Å². The molecule has 0 bridgehead atoms. The van der Waals surface area contributed by atoms with Crippen molar-refractivity contribution in [2.24, 2.45) is 0 Å². The predicted molar refractivity (Wildman–Crippen MR) is 202 cm³/mol. The minimum atomic E-state index is -4.65. The van der Waals surface area contributed by atoms with Crippen LogP contribution in [0.15, 0.2) is 97.3 Å². The summed E-state index contributed by atoms with van der Waals surface area (Å²) in [5, 5.41) is 13.8. The zero-order valence-electron chi connectivity index (χ0n) is 29.9. The van der Waals surface area contributed by atoms with Gasteiger partial charge >= 0.3 is 30.0 Å². The van der Waals surface area contributed by atoms with Crippen LogP contribution >= 0.6 is 11.6 Å². The van der Waals surface area contributed by atoms with E-state index in [1.165, 1.54) is 24.3 Å². The SMILES string of the molecule is COC(=O)[C@H](CNC(=O)C(=O)Nc1ccc(-c2ccncc2)cc1)NC(=O)c1ccc(Nc2nc(NC3(c4ccc(Cl)cc4)CC3)nc(OCC(F)(F)F)n2)cc1. The summed E-state index contributed by atoms with van der Waals surface area (Å²) in [5.74, 6) is -3.87. The molecule has 0 saturated heterocycles. The van der Waals surface area contributed by atoms with E-state index in [2.05, 4.69) is 46.5 Å². The smallest absolute Gasteiger partial charge is 0.422 e. The molecular formula is C38H33ClF3N9O6. The van der Waals surface area contributed by atoms with Gasteiger partial charge in [0.2, 0.25) is 11.9 Å². The fourth-order valence-corrected chi connectivity index (χ4v) is 5.56. The second-order valence-corrected chi connectivity index (χ2v) is 13.0. The summed E-state index contributed by atoms with van der Waals surface area (Å²) in [6.45, 7) is -2.10. The van der Waals surface area contributed by atoms with Crippen LogP contribution < -0.4 is 31.3 Å². The van der Waals surface area contributed by atoms with Crippen molar-refractivity contribution in [2.45, 2.75) is 30.6 Å². The number of halogens is 4. The zero-order chi connectivity index (χ0) is 40.6. The number of aromatic nitrogens is 4. The van der Waals surface area contributed by atoms with E-state index in [-0.39, 0.29) is 17.5 Å². The minimum absolute atomic E-state index is 0.0397. The third-order valence-corrected chi connectivity index (χ3v) is 8.75. The van der Waals surface area contributed by atoms with Crippen LogP contribution in [-0.4, -0.2) is 76.1 Å². The van der Waals surface area contributed by atoms with E-state index >= 15 is 0 Å². The Morgan fingerprint density at radius 3 is 2.07 bits per heavy atom. The molecule has 1 fully saturated rings. The summed E-state index contributed by atoms with van der Waals surface area (Å²) in [7, 11) is 1.09. The molecule has 3 amide bonds. The number of nitrogens with zero attached hydrogens (tertiary/aromatic N) is 4. The Balaban J connectivity index is 1.07. The van der Waals surface area contributed by atoms with E-state index in [1.54, 1.807) is 48.8 Å². The van der Waals surface area contributed by atoms with Gasteiger partial charge in [-0.05, 0) is 90.2 Å². The number of methoxy groups -OCH3 is 1. The van der Waals surface area contributed by atoms with Crippen molar-refractivity contribution in [1.82, 2.24) is 30.6 Å². The van der Waals surface area contributed by atoms with Gasteiger partial charge < -0.3 is 36.1 Å². The first-order valence-electron chi connectivity index (χ1n) is 17.1. The lowest BCUT2D eigenvalue weighted by Crippen LogP contribution is -2.50. The average Bonchev–Trinajstić information content (AvgIpc) is 3.99. The second-order valence-electron chi connectivity index (χ2n) is 12.6. The fraction of sp³-hybridized carbons (Fsp3) is 0.211. The Labute approximate surface area is 327 Å². The maximum atomic E-state index is 13.1. The molecule has 5 N–H and O–H groups in total.